The molecule has 3 heteroatoms. The number of nitrogens with one attached hydrogen (secondary N) is 1. The van der Waals surface area contributed by atoms with E-state index in [1.165, 1.54) is 15.3 Å². The molecule has 0 aliphatic heterocycles. The van der Waals surface area contributed by atoms with Crippen molar-refractivity contribution in [2.75, 3.05) is 13.6 Å². The highest BCUT2D eigenvalue weighted by molar-refractivity contribution is 9.10. The van der Waals surface area contributed by atoms with Gasteiger partial charge in [0.2, 0.25) is 0 Å². The van der Waals surface area contributed by atoms with E-state index in [1.807, 2.05) is 18.4 Å². The van der Waals surface area contributed by atoms with Gasteiger partial charge in [-0.1, -0.05) is 35.0 Å². The van der Waals surface area contributed by atoms with Crippen molar-refractivity contribution < 1.29 is 0 Å². The van der Waals surface area contributed by atoms with E-state index in [9.17, 15) is 0 Å². The van der Waals surface area contributed by atoms with Crippen LogP contribution in [0.25, 0.3) is 0 Å². The molecule has 0 radical (unpaired) electrons. The Kier molecular flexibility index (Phi) is 5.61. The van der Waals surface area contributed by atoms with Crippen molar-refractivity contribution >= 4 is 27.3 Å². The molecule has 0 saturated carbocycles. The fourth-order valence-corrected chi connectivity index (χ4v) is 3.73. The van der Waals surface area contributed by atoms with Gasteiger partial charge in [0.05, 0.1) is 0 Å². The maximum atomic E-state index is 3.56. The van der Waals surface area contributed by atoms with Crippen molar-refractivity contribution in [2.24, 2.45) is 0 Å². The number of hydrogen-bond acceptors (Lipinski definition) is 2. The van der Waals surface area contributed by atoms with E-state index in [1.54, 1.807) is 0 Å². The van der Waals surface area contributed by atoms with Crippen molar-refractivity contribution in [3.05, 3.63) is 56.2 Å². The van der Waals surface area contributed by atoms with Crippen LogP contribution in [0, 0.1) is 0 Å². The van der Waals surface area contributed by atoms with Gasteiger partial charge < -0.3 is 5.32 Å². The second kappa shape index (κ2) is 7.22. The fraction of sp³-hybridized carbons (Fsp3) is 0.375. The van der Waals surface area contributed by atoms with Gasteiger partial charge >= 0.3 is 0 Å². The zero-order valence-electron chi connectivity index (χ0n) is 11.4. The molecule has 0 saturated heterocycles. The van der Waals surface area contributed by atoms with E-state index < -0.39 is 0 Å². The summed E-state index contributed by atoms with van der Waals surface area (Å²) in [5.74, 6) is 0.533. The summed E-state index contributed by atoms with van der Waals surface area (Å²) in [6.45, 7) is 3.23. The van der Waals surface area contributed by atoms with Crippen LogP contribution >= 0.6 is 27.3 Å². The summed E-state index contributed by atoms with van der Waals surface area (Å²) in [7, 11) is 2.02. The molecule has 1 aromatic carbocycles. The molecule has 0 aliphatic carbocycles. The minimum Gasteiger partial charge on any atom is -0.319 e. The molecule has 1 unspecified atom stereocenters. The lowest BCUT2D eigenvalue weighted by molar-refractivity contribution is 0.630. The Balaban J connectivity index is 2.15. The van der Waals surface area contributed by atoms with Crippen LogP contribution in [-0.2, 0) is 12.8 Å². The van der Waals surface area contributed by atoms with Crippen LogP contribution in [0.2, 0.25) is 0 Å². The average molecular weight is 338 g/mol. The van der Waals surface area contributed by atoms with Crippen molar-refractivity contribution in [3.8, 4) is 0 Å². The number of thiophene rings is 1. The van der Waals surface area contributed by atoms with E-state index in [0.29, 0.717) is 5.92 Å². The highest BCUT2D eigenvalue weighted by Gasteiger charge is 2.13. The molecule has 2 aromatic rings. The summed E-state index contributed by atoms with van der Waals surface area (Å²) < 4.78 is 1.16. The topological polar surface area (TPSA) is 12.0 Å². The van der Waals surface area contributed by atoms with Gasteiger partial charge in [-0.05, 0) is 49.7 Å². The maximum Gasteiger partial charge on any atom is 0.0178 e. The summed E-state index contributed by atoms with van der Waals surface area (Å²) >= 11 is 5.51. The molecule has 0 spiro atoms. The molecule has 0 amide bonds. The van der Waals surface area contributed by atoms with Gasteiger partial charge in [-0.15, -0.1) is 11.3 Å². The monoisotopic (exact) mass is 337 g/mol. The van der Waals surface area contributed by atoms with Gasteiger partial charge in [0.1, 0.15) is 0 Å². The summed E-state index contributed by atoms with van der Waals surface area (Å²) in [4.78, 5) is 2.96. The first kappa shape index (κ1) is 14.8. The van der Waals surface area contributed by atoms with E-state index in [-0.39, 0.29) is 0 Å². The van der Waals surface area contributed by atoms with Crippen molar-refractivity contribution in [2.45, 2.75) is 25.7 Å². The van der Waals surface area contributed by atoms with Crippen LogP contribution in [0.4, 0.5) is 0 Å². The minimum atomic E-state index is 0.533. The molecule has 0 aliphatic rings. The van der Waals surface area contributed by atoms with Gasteiger partial charge in [0, 0.05) is 26.7 Å². The van der Waals surface area contributed by atoms with E-state index in [2.05, 4.69) is 64.6 Å². The molecule has 1 aromatic heterocycles. The first-order valence-corrected chi connectivity index (χ1v) is 8.31. The number of hydrogen-bond donors (Lipinski definition) is 1. The third-order valence-electron chi connectivity index (χ3n) is 3.28. The summed E-state index contributed by atoms with van der Waals surface area (Å²) in [6, 6.07) is 13.2. The zero-order valence-corrected chi connectivity index (χ0v) is 13.9. The Hall–Kier alpha value is -0.640. The van der Waals surface area contributed by atoms with Crippen molar-refractivity contribution in [1.29, 1.82) is 0 Å². The third kappa shape index (κ3) is 4.16. The molecular weight excluding hydrogens is 318 g/mol. The molecular formula is C16H20BrNS. The normalized spacial score (nSPS) is 12.6. The standard InChI is InChI=1S/C16H20BrNS/c1-3-15-7-8-16(19-15)10-13(11-18-2)12-5-4-6-14(17)9-12/h4-9,13,18H,3,10-11H2,1-2H3. The molecule has 2 rings (SSSR count). The van der Waals surface area contributed by atoms with Gasteiger partial charge in [-0.25, -0.2) is 0 Å². The van der Waals surface area contributed by atoms with Crippen LogP contribution < -0.4 is 5.32 Å². The number of benzene rings is 1. The Morgan fingerprint density at radius 2 is 2.00 bits per heavy atom. The summed E-state index contributed by atoms with van der Waals surface area (Å²) in [5, 5.41) is 3.32. The van der Waals surface area contributed by atoms with Crippen molar-refractivity contribution in [3.63, 3.8) is 0 Å². The zero-order chi connectivity index (χ0) is 13.7. The van der Waals surface area contributed by atoms with E-state index in [4.69, 9.17) is 0 Å². The highest BCUT2D eigenvalue weighted by atomic mass is 79.9. The predicted molar refractivity (Wildman–Crippen MR) is 88.2 cm³/mol. The molecule has 1 N–H and O–H groups in total. The SMILES string of the molecule is CCc1ccc(CC(CNC)c2cccc(Br)c2)s1. The van der Waals surface area contributed by atoms with Crippen LogP contribution in [0.1, 0.15) is 28.2 Å². The number of aryl methyl sites for hydroxylation is 1. The lowest BCUT2D eigenvalue weighted by atomic mass is 9.95. The second-order valence-corrected chi connectivity index (χ2v) is 6.90. The first-order valence-electron chi connectivity index (χ1n) is 6.70. The van der Waals surface area contributed by atoms with Crippen LogP contribution in [0.5, 0.6) is 0 Å². The third-order valence-corrected chi connectivity index (χ3v) is 5.03. The summed E-state index contributed by atoms with van der Waals surface area (Å²) in [6.07, 6.45) is 2.25. The second-order valence-electron chi connectivity index (χ2n) is 4.74. The van der Waals surface area contributed by atoms with Gasteiger partial charge in [0.25, 0.3) is 0 Å². The molecule has 1 nitrogen and oxygen atoms in total. The Bertz CT molecular complexity index is 521. The highest BCUT2D eigenvalue weighted by Crippen LogP contribution is 2.27. The van der Waals surface area contributed by atoms with Gasteiger partial charge in [-0.2, -0.15) is 0 Å². The molecule has 0 bridgehead atoms. The van der Waals surface area contributed by atoms with Crippen LogP contribution in [0.15, 0.2) is 40.9 Å². The van der Waals surface area contributed by atoms with E-state index in [0.717, 1.165) is 23.9 Å². The maximum absolute atomic E-state index is 3.56. The molecule has 0 fully saturated rings. The quantitative estimate of drug-likeness (QED) is 0.810. The van der Waals surface area contributed by atoms with Gasteiger partial charge in [0.15, 0.2) is 0 Å². The molecule has 1 heterocycles. The average Bonchev–Trinajstić information content (AvgIpc) is 2.86. The number of rotatable bonds is 6. The fourth-order valence-electron chi connectivity index (χ4n) is 2.28. The van der Waals surface area contributed by atoms with E-state index >= 15 is 0 Å². The molecule has 1 atom stereocenters. The Labute approximate surface area is 128 Å². The molecule has 19 heavy (non-hydrogen) atoms. The Morgan fingerprint density at radius 3 is 2.63 bits per heavy atom. The predicted octanol–water partition coefficient (Wildman–Crippen LogP) is 4.62. The lowest BCUT2D eigenvalue weighted by Crippen LogP contribution is -2.18. The van der Waals surface area contributed by atoms with Crippen molar-refractivity contribution in [1.82, 2.24) is 5.32 Å². The lowest BCUT2D eigenvalue weighted by Gasteiger charge is -2.16. The summed E-state index contributed by atoms with van der Waals surface area (Å²) in [5.41, 5.74) is 1.40. The minimum absolute atomic E-state index is 0.533. The van der Waals surface area contributed by atoms with Crippen LogP contribution in [-0.4, -0.2) is 13.6 Å². The number of halogens is 1. The Morgan fingerprint density at radius 1 is 1.21 bits per heavy atom. The molecule has 102 valence electrons. The van der Waals surface area contributed by atoms with Crippen LogP contribution in [0.3, 0.4) is 0 Å². The largest absolute Gasteiger partial charge is 0.319 e. The smallest absolute Gasteiger partial charge is 0.0178 e. The van der Waals surface area contributed by atoms with Gasteiger partial charge in [-0.3, -0.25) is 0 Å². The number of likely N-dealkylation sites (N-methyl/N-ethyl adjacent to an activating group) is 1. The first-order chi connectivity index (χ1) is 9.22.